The second-order valence-corrected chi connectivity index (χ2v) is 8.22. The SMILES string of the molecule is C=C(/C=C(/Cc1ccccc1)OC)C(=O)N[C@H]([C-]=O)COc1[c-]c[c-]cc1.[CH2-]C1([CH2-])CCOCC1.[CH3-].[K+].[K+]. The van der Waals surface area contributed by atoms with Crippen molar-refractivity contribution in [3.63, 3.8) is 0 Å². The summed E-state index contributed by atoms with van der Waals surface area (Å²) in [5, 5.41) is 2.52. The topological polar surface area (TPSA) is 73.9 Å². The maximum Gasteiger partial charge on any atom is 1.00 e. The van der Waals surface area contributed by atoms with Crippen LogP contribution >= 0.6 is 0 Å². The fraction of sp³-hybridized carbons (Fsp3) is 0.300. The van der Waals surface area contributed by atoms with Crippen molar-refractivity contribution in [1.29, 1.82) is 0 Å². The molecule has 0 aromatic heterocycles. The summed E-state index contributed by atoms with van der Waals surface area (Å²) in [6, 6.07) is 19.3. The van der Waals surface area contributed by atoms with Gasteiger partial charge < -0.3 is 63.8 Å². The van der Waals surface area contributed by atoms with Crippen LogP contribution in [0.25, 0.3) is 0 Å². The molecule has 0 aliphatic carbocycles. The number of hydrogen-bond donors (Lipinski definition) is 1. The van der Waals surface area contributed by atoms with Gasteiger partial charge in [0.2, 0.25) is 5.91 Å². The minimum absolute atomic E-state index is 0. The first-order valence-corrected chi connectivity index (χ1v) is 11.3. The molecule has 0 radical (unpaired) electrons. The Kier molecular flexibility index (Phi) is 23.8. The fourth-order valence-corrected chi connectivity index (χ4v) is 3.00. The first-order chi connectivity index (χ1) is 16.8. The van der Waals surface area contributed by atoms with Crippen molar-refractivity contribution in [3.05, 3.63) is 111 Å². The molecular weight excluding hydrogens is 533 g/mol. The Morgan fingerprint density at radius 3 is 2.39 bits per heavy atom. The van der Waals surface area contributed by atoms with Gasteiger partial charge in [-0.25, -0.2) is 12.4 Å². The largest absolute Gasteiger partial charge is 1.00 e. The molecule has 8 heteroatoms. The first kappa shape index (κ1) is 40.0. The summed E-state index contributed by atoms with van der Waals surface area (Å²) < 4.78 is 15.8. The summed E-state index contributed by atoms with van der Waals surface area (Å²) >= 11 is 0. The van der Waals surface area contributed by atoms with E-state index in [0.29, 0.717) is 17.9 Å². The summed E-state index contributed by atoms with van der Waals surface area (Å²) in [6.45, 7) is 13.2. The third-order valence-corrected chi connectivity index (χ3v) is 5.15. The molecule has 196 valence electrons. The molecule has 1 saturated heterocycles. The van der Waals surface area contributed by atoms with Gasteiger partial charge >= 0.3 is 103 Å². The average Bonchev–Trinajstić information content (AvgIpc) is 2.87. The van der Waals surface area contributed by atoms with Crippen LogP contribution in [0.5, 0.6) is 5.75 Å². The van der Waals surface area contributed by atoms with Crippen molar-refractivity contribution in [2.24, 2.45) is 5.41 Å². The maximum atomic E-state index is 12.3. The standard InChI is InChI=1S/C22H20NO4.C7H12O.CH3.2K/c1-17(13-21(26-2)14-18-9-5-3-6-10-18)22(25)23-19(15-24)16-27-20-11-7-4-8-12-20;1-7(2)3-5-8-6-4-7;;;/h3,5-11,13,19H,1,14,16H2,2H3,(H,23,25);1-6H2;1H3;;/q-3;-2;-1;2*+1/b21-13-;;;;/t19-;;;;/m1..../s1. The van der Waals surface area contributed by atoms with Crippen molar-refractivity contribution in [2.45, 2.75) is 25.3 Å². The zero-order chi connectivity index (χ0) is 25.5. The molecule has 1 heterocycles. The molecule has 38 heavy (non-hydrogen) atoms. The normalized spacial score (nSPS) is 14.3. The number of amides is 1. The van der Waals surface area contributed by atoms with Gasteiger partial charge in [0.15, 0.2) is 0 Å². The van der Waals surface area contributed by atoms with E-state index in [1.807, 2.05) is 30.3 Å². The van der Waals surface area contributed by atoms with Crippen molar-refractivity contribution in [3.8, 4) is 5.75 Å². The van der Waals surface area contributed by atoms with Gasteiger partial charge in [0.05, 0.1) is 13.7 Å². The van der Waals surface area contributed by atoms with Gasteiger partial charge in [0, 0.05) is 25.2 Å². The van der Waals surface area contributed by atoms with Crippen LogP contribution in [0.15, 0.2) is 72.5 Å². The number of hydrogen-bond acceptors (Lipinski definition) is 5. The number of allylic oxidation sites excluding steroid dienone is 1. The van der Waals surface area contributed by atoms with Crippen LogP contribution in [-0.4, -0.2) is 45.2 Å². The number of carbonyl (C=O) groups is 1. The molecule has 0 unspecified atom stereocenters. The van der Waals surface area contributed by atoms with Gasteiger partial charge in [0.1, 0.15) is 5.76 Å². The zero-order valence-corrected chi connectivity index (χ0v) is 29.4. The molecule has 1 aliphatic heterocycles. The van der Waals surface area contributed by atoms with Crippen molar-refractivity contribution in [1.82, 2.24) is 5.32 Å². The minimum Gasteiger partial charge on any atom is -0.543 e. The molecule has 1 N–H and O–H groups in total. The van der Waals surface area contributed by atoms with Crippen LogP contribution in [0.2, 0.25) is 0 Å². The van der Waals surface area contributed by atoms with Gasteiger partial charge in [-0.15, -0.1) is 5.75 Å². The van der Waals surface area contributed by atoms with Gasteiger partial charge in [-0.3, -0.25) is 16.3 Å². The molecule has 1 atom stereocenters. The summed E-state index contributed by atoms with van der Waals surface area (Å²) in [6.07, 6.45) is 5.83. The van der Waals surface area contributed by atoms with Crippen LogP contribution in [0, 0.1) is 38.8 Å². The molecule has 2 aromatic rings. The summed E-state index contributed by atoms with van der Waals surface area (Å²) in [5.41, 5.74) is 1.27. The van der Waals surface area contributed by atoms with E-state index in [4.69, 9.17) is 14.2 Å². The minimum atomic E-state index is -0.930. The Morgan fingerprint density at radius 1 is 1.24 bits per heavy atom. The van der Waals surface area contributed by atoms with Crippen LogP contribution < -0.4 is 113 Å². The molecule has 1 fully saturated rings. The maximum absolute atomic E-state index is 12.3. The number of nitrogens with one attached hydrogen (secondary N) is 1. The van der Waals surface area contributed by atoms with E-state index in [9.17, 15) is 9.59 Å². The molecule has 6 nitrogen and oxygen atoms in total. The van der Waals surface area contributed by atoms with Crippen LogP contribution in [0.4, 0.5) is 0 Å². The number of methoxy groups -OCH3 is 1. The quantitative estimate of drug-likeness (QED) is 0.124. The molecule has 0 bridgehead atoms. The van der Waals surface area contributed by atoms with E-state index >= 15 is 0 Å². The summed E-state index contributed by atoms with van der Waals surface area (Å²) in [5.74, 6) is 0.533. The van der Waals surface area contributed by atoms with E-state index < -0.39 is 11.9 Å². The van der Waals surface area contributed by atoms with Crippen molar-refractivity contribution < 1.29 is 127 Å². The second kappa shape index (κ2) is 22.6. The molecule has 1 amide bonds. The first-order valence-electron chi connectivity index (χ1n) is 11.3. The van der Waals surface area contributed by atoms with Gasteiger partial charge in [-0.05, 0) is 17.7 Å². The molecule has 0 saturated carbocycles. The number of benzene rings is 2. The molecular formula is C30H35K2NO5-4. The van der Waals surface area contributed by atoms with Gasteiger partial charge in [-0.2, -0.15) is 0 Å². The molecule has 2 aromatic carbocycles. The monoisotopic (exact) mass is 567 g/mol. The van der Waals surface area contributed by atoms with E-state index in [-0.39, 0.29) is 128 Å². The third-order valence-electron chi connectivity index (χ3n) is 5.15. The van der Waals surface area contributed by atoms with E-state index in [2.05, 4.69) is 37.9 Å². The average molecular weight is 568 g/mol. The molecule has 3 rings (SSSR count). The number of carbonyl (C=O) groups excluding carboxylic acids is 2. The predicted molar refractivity (Wildman–Crippen MR) is 141 cm³/mol. The van der Waals surface area contributed by atoms with E-state index in [0.717, 1.165) is 31.6 Å². The molecule has 0 spiro atoms. The fourth-order valence-electron chi connectivity index (χ4n) is 3.00. The van der Waals surface area contributed by atoms with Crippen LogP contribution in [0.1, 0.15) is 18.4 Å². The van der Waals surface area contributed by atoms with Gasteiger partial charge in [-0.1, -0.05) is 49.8 Å². The Labute approximate surface area is 314 Å². The zero-order valence-electron chi connectivity index (χ0n) is 23.2. The Balaban J connectivity index is 0. The number of rotatable bonds is 10. The van der Waals surface area contributed by atoms with Gasteiger partial charge in [0.25, 0.3) is 0 Å². The summed E-state index contributed by atoms with van der Waals surface area (Å²) in [7, 11) is 1.53. The van der Waals surface area contributed by atoms with Crippen LogP contribution in [-0.2, 0) is 25.5 Å². The van der Waals surface area contributed by atoms with Crippen molar-refractivity contribution >= 4 is 12.2 Å². The summed E-state index contributed by atoms with van der Waals surface area (Å²) in [4.78, 5) is 23.4. The van der Waals surface area contributed by atoms with E-state index in [1.165, 1.54) is 7.11 Å². The Morgan fingerprint density at radius 2 is 1.89 bits per heavy atom. The predicted octanol–water partition coefficient (Wildman–Crippen LogP) is -1.50. The molecule has 1 aliphatic rings. The Hall–Kier alpha value is -0.107. The van der Waals surface area contributed by atoms with Crippen molar-refractivity contribution in [2.75, 3.05) is 26.9 Å². The number of ether oxygens (including phenoxy) is 3. The van der Waals surface area contributed by atoms with E-state index in [1.54, 1.807) is 30.6 Å². The smallest absolute Gasteiger partial charge is 0.543 e. The van der Waals surface area contributed by atoms with Crippen LogP contribution in [0.3, 0.4) is 0 Å². The Bertz CT molecular complexity index is 957. The third kappa shape index (κ3) is 16.9. The second-order valence-electron chi connectivity index (χ2n) is 8.22.